The van der Waals surface area contributed by atoms with Gasteiger partial charge in [-0.1, -0.05) is 148 Å². The minimum atomic E-state index is -4.30. The van der Waals surface area contributed by atoms with Gasteiger partial charge in [0.1, 0.15) is 13.2 Å². The maximum Gasteiger partial charge on any atom is 0.472 e. The van der Waals surface area contributed by atoms with Crippen LogP contribution in [0, 0.1) is 0 Å². The second kappa shape index (κ2) is 32.2. The molecule has 48 heavy (non-hydrogen) atoms. The van der Waals surface area contributed by atoms with Crippen LogP contribution in [0.1, 0.15) is 181 Å². The molecule has 0 saturated carbocycles. The fraction of sp³-hybridized carbons (Fsp3) is 0.923. The fourth-order valence-electron chi connectivity index (χ4n) is 5.74. The van der Waals surface area contributed by atoms with Gasteiger partial charge in [0.2, 0.25) is 5.91 Å². The van der Waals surface area contributed by atoms with E-state index in [4.69, 9.17) is 9.05 Å². The first-order chi connectivity index (χ1) is 23.0. The molecule has 286 valence electrons. The number of unbranched alkanes of at least 4 members (excludes halogenated alkanes) is 21. The van der Waals surface area contributed by atoms with Crippen molar-refractivity contribution in [3.8, 4) is 0 Å². The Morgan fingerprint density at radius 2 is 1.12 bits per heavy atom. The number of quaternary nitrogens is 1. The van der Waals surface area contributed by atoms with Crippen LogP contribution in [0.5, 0.6) is 0 Å². The Morgan fingerprint density at radius 1 is 0.688 bits per heavy atom. The summed E-state index contributed by atoms with van der Waals surface area (Å²) in [4.78, 5) is 23.0. The number of phosphoric acid groups is 1. The van der Waals surface area contributed by atoms with Gasteiger partial charge in [0.25, 0.3) is 0 Å². The first kappa shape index (κ1) is 47.2. The summed E-state index contributed by atoms with van der Waals surface area (Å²) in [6, 6.07) is -0.758. The minimum absolute atomic E-state index is 0.0746. The average molecular weight is 704 g/mol. The third-order valence-electron chi connectivity index (χ3n) is 9.01. The van der Waals surface area contributed by atoms with Gasteiger partial charge in [0, 0.05) is 6.42 Å². The molecule has 0 aromatic carbocycles. The molecular weight excluding hydrogens is 623 g/mol. The molecule has 0 aliphatic carbocycles. The SMILES string of the molecule is CCCCCC/C=C/CCCCCCCC(=O)N[C@@H](COP(=O)(O)OCC[N+](C)(C)C)[C@H](O)CCCCCCCCCCCCCCC. The summed E-state index contributed by atoms with van der Waals surface area (Å²) < 4.78 is 23.5. The summed E-state index contributed by atoms with van der Waals surface area (Å²) >= 11 is 0. The number of hydrogen-bond donors (Lipinski definition) is 3. The van der Waals surface area contributed by atoms with Gasteiger partial charge in [-0.25, -0.2) is 4.57 Å². The smallest absolute Gasteiger partial charge is 0.391 e. The van der Waals surface area contributed by atoms with Crippen LogP contribution in [-0.4, -0.2) is 73.4 Å². The van der Waals surface area contributed by atoms with Gasteiger partial charge in [-0.2, -0.15) is 0 Å². The van der Waals surface area contributed by atoms with Crippen molar-refractivity contribution < 1.29 is 32.9 Å². The molecule has 9 heteroatoms. The van der Waals surface area contributed by atoms with Gasteiger partial charge in [0.05, 0.1) is 39.9 Å². The van der Waals surface area contributed by atoms with E-state index in [0.717, 1.165) is 51.4 Å². The summed E-state index contributed by atoms with van der Waals surface area (Å²) in [6.45, 7) is 4.85. The van der Waals surface area contributed by atoms with Crippen LogP contribution >= 0.6 is 7.82 Å². The highest BCUT2D eigenvalue weighted by atomic mass is 31.2. The number of phosphoric ester groups is 1. The highest BCUT2D eigenvalue weighted by Crippen LogP contribution is 2.43. The molecule has 3 atom stereocenters. The molecule has 8 nitrogen and oxygen atoms in total. The van der Waals surface area contributed by atoms with Crippen LogP contribution in [0.15, 0.2) is 12.2 Å². The van der Waals surface area contributed by atoms with Gasteiger partial charge in [0.15, 0.2) is 0 Å². The molecule has 0 heterocycles. The highest BCUT2D eigenvalue weighted by Gasteiger charge is 2.28. The van der Waals surface area contributed by atoms with Crippen LogP contribution < -0.4 is 5.32 Å². The van der Waals surface area contributed by atoms with Gasteiger partial charge < -0.3 is 19.8 Å². The molecule has 3 N–H and O–H groups in total. The van der Waals surface area contributed by atoms with Gasteiger partial charge in [-0.05, 0) is 38.5 Å². The lowest BCUT2D eigenvalue weighted by Crippen LogP contribution is -2.46. The first-order valence-electron chi connectivity index (χ1n) is 20.1. The number of aliphatic hydroxyl groups excluding tert-OH is 1. The van der Waals surface area contributed by atoms with E-state index < -0.39 is 20.0 Å². The third kappa shape index (κ3) is 33.7. The summed E-state index contributed by atoms with van der Waals surface area (Å²) in [5.41, 5.74) is 0. The molecule has 0 aliphatic rings. The van der Waals surface area contributed by atoms with Crippen molar-refractivity contribution in [2.45, 2.75) is 193 Å². The number of amides is 1. The number of nitrogens with zero attached hydrogens (tertiary/aromatic N) is 1. The lowest BCUT2D eigenvalue weighted by Gasteiger charge is -2.26. The molecule has 0 aromatic heterocycles. The van der Waals surface area contributed by atoms with E-state index >= 15 is 0 Å². The summed E-state index contributed by atoms with van der Waals surface area (Å²) in [6.07, 6.45) is 33.7. The van der Waals surface area contributed by atoms with Crippen LogP contribution in [0.2, 0.25) is 0 Å². The molecule has 0 bridgehead atoms. The quantitative estimate of drug-likeness (QED) is 0.0260. The molecule has 0 aromatic rings. The minimum Gasteiger partial charge on any atom is -0.391 e. The van der Waals surface area contributed by atoms with Crippen molar-refractivity contribution in [3.63, 3.8) is 0 Å². The number of nitrogens with one attached hydrogen (secondary N) is 1. The van der Waals surface area contributed by atoms with E-state index in [2.05, 4.69) is 31.3 Å². The van der Waals surface area contributed by atoms with Crippen molar-refractivity contribution in [2.75, 3.05) is 40.9 Å². The Labute approximate surface area is 297 Å². The maximum absolute atomic E-state index is 12.8. The molecule has 0 rings (SSSR count). The van der Waals surface area contributed by atoms with Crippen molar-refractivity contribution >= 4 is 13.7 Å². The van der Waals surface area contributed by atoms with Crippen molar-refractivity contribution in [1.82, 2.24) is 5.32 Å². The molecule has 0 aliphatic heterocycles. The predicted molar refractivity (Wildman–Crippen MR) is 203 cm³/mol. The molecule has 0 spiro atoms. The standard InChI is InChI=1S/C39H79N2O6P/c1-6-8-10-12-14-16-18-20-22-24-26-28-30-32-38(42)37(36-47-48(44,45)46-35-34-41(3,4)5)40-39(43)33-31-29-27-25-23-21-19-17-15-13-11-9-7-2/h17,19,37-38,42H,6-16,18,20-36H2,1-5H3,(H-,40,43,44,45)/p+1/b19-17+/t37-,38+/m0/s1. The van der Waals surface area contributed by atoms with Gasteiger partial charge >= 0.3 is 7.82 Å². The second-order valence-electron chi connectivity index (χ2n) is 15.0. The highest BCUT2D eigenvalue weighted by molar-refractivity contribution is 7.47. The van der Waals surface area contributed by atoms with Crippen molar-refractivity contribution in [3.05, 3.63) is 12.2 Å². The van der Waals surface area contributed by atoms with E-state index in [1.807, 2.05) is 21.1 Å². The Balaban J connectivity index is 4.45. The number of carbonyl (C=O) groups is 1. The number of carbonyl (C=O) groups excluding carboxylic acids is 1. The average Bonchev–Trinajstić information content (AvgIpc) is 3.02. The van der Waals surface area contributed by atoms with Crippen molar-refractivity contribution in [1.29, 1.82) is 0 Å². The summed E-state index contributed by atoms with van der Waals surface area (Å²) in [5, 5.41) is 13.9. The predicted octanol–water partition coefficient (Wildman–Crippen LogP) is 10.4. The normalized spacial score (nSPS) is 14.7. The summed E-state index contributed by atoms with van der Waals surface area (Å²) in [7, 11) is 1.61. The van der Waals surface area contributed by atoms with E-state index in [9.17, 15) is 19.4 Å². The third-order valence-corrected chi connectivity index (χ3v) is 10.00. The Hall–Kier alpha value is -0.760. The van der Waals surface area contributed by atoms with Gasteiger partial charge in [-0.15, -0.1) is 0 Å². The monoisotopic (exact) mass is 704 g/mol. The maximum atomic E-state index is 12.8. The van der Waals surface area contributed by atoms with Crippen LogP contribution in [0.3, 0.4) is 0 Å². The molecule has 0 radical (unpaired) electrons. The summed E-state index contributed by atoms with van der Waals surface area (Å²) in [5.74, 6) is -0.155. The zero-order valence-corrected chi connectivity index (χ0v) is 33.1. The lowest BCUT2D eigenvalue weighted by molar-refractivity contribution is -0.870. The fourth-order valence-corrected chi connectivity index (χ4v) is 6.48. The Morgan fingerprint density at radius 3 is 1.62 bits per heavy atom. The zero-order valence-electron chi connectivity index (χ0n) is 32.2. The Kier molecular flexibility index (Phi) is 31.7. The van der Waals surface area contributed by atoms with Crippen LogP contribution in [0.4, 0.5) is 0 Å². The van der Waals surface area contributed by atoms with Crippen LogP contribution in [-0.2, 0) is 18.4 Å². The second-order valence-corrected chi connectivity index (χ2v) is 16.5. The largest absolute Gasteiger partial charge is 0.472 e. The van der Waals surface area contributed by atoms with Crippen molar-refractivity contribution in [2.24, 2.45) is 0 Å². The lowest BCUT2D eigenvalue weighted by atomic mass is 10.0. The van der Waals surface area contributed by atoms with E-state index in [-0.39, 0.29) is 19.1 Å². The number of rotatable bonds is 36. The first-order valence-corrected chi connectivity index (χ1v) is 21.5. The van der Waals surface area contributed by atoms with Crippen LogP contribution in [0.25, 0.3) is 0 Å². The zero-order chi connectivity index (χ0) is 35.8. The van der Waals surface area contributed by atoms with Gasteiger partial charge in [-0.3, -0.25) is 13.8 Å². The Bertz CT molecular complexity index is 804. The molecule has 0 saturated heterocycles. The number of likely N-dealkylation sites (N-methyl/N-ethyl adjacent to an activating group) is 1. The number of hydrogen-bond acceptors (Lipinski definition) is 5. The number of allylic oxidation sites excluding steroid dienone is 2. The van der Waals surface area contributed by atoms with E-state index in [1.165, 1.54) is 103 Å². The number of aliphatic hydroxyl groups is 1. The van der Waals surface area contributed by atoms with E-state index in [0.29, 0.717) is 23.9 Å². The topological polar surface area (TPSA) is 105 Å². The molecule has 0 fully saturated rings. The molecular formula is C39H80N2O6P+. The molecule has 1 unspecified atom stereocenters. The van der Waals surface area contributed by atoms with E-state index in [1.54, 1.807) is 0 Å². The molecule has 1 amide bonds.